The van der Waals surface area contributed by atoms with Gasteiger partial charge in [-0.1, -0.05) is 6.07 Å². The molecule has 0 aliphatic carbocycles. The van der Waals surface area contributed by atoms with Crippen LogP contribution in [-0.2, 0) is 4.79 Å². The summed E-state index contributed by atoms with van der Waals surface area (Å²) >= 11 is 0. The third-order valence-electron chi connectivity index (χ3n) is 4.36. The third-order valence-corrected chi connectivity index (χ3v) is 4.36. The molecule has 0 atom stereocenters. The predicted octanol–water partition coefficient (Wildman–Crippen LogP) is 3.51. The van der Waals surface area contributed by atoms with Gasteiger partial charge in [-0.05, 0) is 45.0 Å². The van der Waals surface area contributed by atoms with Crippen LogP contribution >= 0.6 is 0 Å². The van der Waals surface area contributed by atoms with Crippen molar-refractivity contribution in [2.24, 2.45) is 5.41 Å². The van der Waals surface area contributed by atoms with E-state index in [0.717, 1.165) is 0 Å². The number of nitrogens with zero attached hydrogens (tertiary/aromatic N) is 1. The lowest BCUT2D eigenvalue weighted by Crippen LogP contribution is -2.33. The van der Waals surface area contributed by atoms with E-state index in [9.17, 15) is 19.7 Å². The van der Waals surface area contributed by atoms with Crippen LogP contribution < -0.4 is 15.4 Å². The number of hydrogen-bond acceptors (Lipinski definition) is 5. The molecule has 27 heavy (non-hydrogen) atoms. The molecule has 2 aromatic rings. The van der Waals surface area contributed by atoms with E-state index < -0.39 is 16.2 Å². The van der Waals surface area contributed by atoms with Gasteiger partial charge in [-0.3, -0.25) is 19.7 Å². The molecule has 3 rings (SSSR count). The summed E-state index contributed by atoms with van der Waals surface area (Å²) in [5, 5.41) is 16.5. The van der Waals surface area contributed by atoms with Gasteiger partial charge in [0.25, 0.3) is 11.6 Å². The molecule has 0 fully saturated rings. The molecule has 0 radical (unpaired) electrons. The van der Waals surface area contributed by atoms with Crippen molar-refractivity contribution < 1.29 is 19.2 Å². The zero-order chi connectivity index (χ0) is 19.8. The Hall–Kier alpha value is -3.42. The van der Waals surface area contributed by atoms with Gasteiger partial charge >= 0.3 is 0 Å². The minimum atomic E-state index is -0.677. The maximum atomic E-state index is 12.5. The summed E-state index contributed by atoms with van der Waals surface area (Å²) in [6.07, 6.45) is 0. The normalized spacial score (nSPS) is 15.0. The lowest BCUT2D eigenvalue weighted by Gasteiger charge is -2.18. The van der Waals surface area contributed by atoms with Gasteiger partial charge in [-0.25, -0.2) is 0 Å². The monoisotopic (exact) mass is 369 g/mol. The Kier molecular flexibility index (Phi) is 4.57. The second-order valence-corrected chi connectivity index (χ2v) is 7.05. The number of nitro benzene ring substituents is 1. The lowest BCUT2D eigenvalue weighted by atomic mass is 9.94. The predicted molar refractivity (Wildman–Crippen MR) is 100 cm³/mol. The number of nitro groups is 1. The molecule has 0 saturated carbocycles. The first-order valence-electron chi connectivity index (χ1n) is 8.32. The minimum absolute atomic E-state index is 0.118. The van der Waals surface area contributed by atoms with Gasteiger partial charge in [0.15, 0.2) is 0 Å². The van der Waals surface area contributed by atoms with E-state index in [0.29, 0.717) is 22.7 Å². The van der Waals surface area contributed by atoms with Crippen LogP contribution in [0, 0.1) is 22.5 Å². The molecule has 1 heterocycles. The number of amides is 2. The van der Waals surface area contributed by atoms with Crippen molar-refractivity contribution in [1.29, 1.82) is 0 Å². The molecule has 2 aromatic carbocycles. The molecular formula is C19H19N3O5. The summed E-state index contributed by atoms with van der Waals surface area (Å²) in [4.78, 5) is 35.2. The van der Waals surface area contributed by atoms with Crippen LogP contribution in [0.15, 0.2) is 36.4 Å². The average Bonchev–Trinajstić information content (AvgIpc) is 2.71. The number of ether oxygens (including phenoxy) is 1. The Balaban J connectivity index is 1.83. The largest absolute Gasteiger partial charge is 0.490 e. The molecule has 1 aliphatic heterocycles. The van der Waals surface area contributed by atoms with E-state index in [2.05, 4.69) is 10.6 Å². The Morgan fingerprint density at radius 3 is 2.70 bits per heavy atom. The molecule has 140 valence electrons. The van der Waals surface area contributed by atoms with Gasteiger partial charge in [0.2, 0.25) is 5.91 Å². The first kappa shape index (κ1) is 18.4. The number of benzene rings is 2. The van der Waals surface area contributed by atoms with Gasteiger partial charge in [0, 0.05) is 22.9 Å². The highest BCUT2D eigenvalue weighted by Gasteiger charge is 2.32. The van der Waals surface area contributed by atoms with Crippen molar-refractivity contribution >= 4 is 28.9 Å². The SMILES string of the molecule is Cc1ccc(C(=O)Nc2ccc3c(c2)NC(=O)C(C)(C)CO3)cc1[N+](=O)[O-]. The maximum absolute atomic E-state index is 12.5. The molecule has 0 bridgehead atoms. The van der Waals surface area contributed by atoms with Crippen LogP contribution in [0.3, 0.4) is 0 Å². The fourth-order valence-electron chi connectivity index (χ4n) is 2.60. The number of aryl methyl sites for hydroxylation is 1. The molecule has 2 amide bonds. The quantitative estimate of drug-likeness (QED) is 0.635. The number of fused-ring (bicyclic) bond motifs is 1. The van der Waals surface area contributed by atoms with Crippen molar-refractivity contribution in [3.05, 3.63) is 57.6 Å². The maximum Gasteiger partial charge on any atom is 0.273 e. The van der Waals surface area contributed by atoms with Crippen LogP contribution in [0.1, 0.15) is 29.8 Å². The Bertz CT molecular complexity index is 952. The molecule has 0 saturated heterocycles. The van der Waals surface area contributed by atoms with Crippen LogP contribution in [0.25, 0.3) is 0 Å². The molecule has 0 unspecified atom stereocenters. The molecule has 0 aromatic heterocycles. The highest BCUT2D eigenvalue weighted by atomic mass is 16.6. The van der Waals surface area contributed by atoms with Gasteiger partial charge in [-0.2, -0.15) is 0 Å². The van der Waals surface area contributed by atoms with E-state index >= 15 is 0 Å². The molecule has 1 aliphatic rings. The third kappa shape index (κ3) is 3.74. The number of hydrogen-bond donors (Lipinski definition) is 2. The number of anilines is 2. The van der Waals surface area contributed by atoms with Gasteiger partial charge in [0.05, 0.1) is 16.0 Å². The number of carbonyl (C=O) groups is 2. The number of carbonyl (C=O) groups excluding carboxylic acids is 2. The standard InChI is InChI=1S/C19H19N3O5/c1-11-4-5-12(8-15(11)22(25)26)17(23)20-13-6-7-16-14(9-13)21-18(24)19(2,3)10-27-16/h4-9H,10H2,1-3H3,(H,20,23)(H,21,24). The van der Waals surface area contributed by atoms with Gasteiger partial charge < -0.3 is 15.4 Å². The summed E-state index contributed by atoms with van der Waals surface area (Å²) in [6.45, 7) is 5.41. The van der Waals surface area contributed by atoms with E-state index in [-0.39, 0.29) is 23.8 Å². The zero-order valence-corrected chi connectivity index (χ0v) is 15.2. The van der Waals surface area contributed by atoms with E-state index in [1.54, 1.807) is 39.0 Å². The summed E-state index contributed by atoms with van der Waals surface area (Å²) in [5.41, 5.74) is 0.743. The fourth-order valence-corrected chi connectivity index (χ4v) is 2.60. The first-order chi connectivity index (χ1) is 12.7. The van der Waals surface area contributed by atoms with Gasteiger partial charge in [0.1, 0.15) is 12.4 Å². The van der Waals surface area contributed by atoms with Crippen molar-refractivity contribution in [2.45, 2.75) is 20.8 Å². The van der Waals surface area contributed by atoms with Gasteiger partial charge in [-0.15, -0.1) is 0 Å². The van der Waals surface area contributed by atoms with Crippen LogP contribution in [0.2, 0.25) is 0 Å². The van der Waals surface area contributed by atoms with E-state index in [1.807, 2.05) is 0 Å². The Morgan fingerprint density at radius 1 is 1.26 bits per heavy atom. The first-order valence-corrected chi connectivity index (χ1v) is 8.32. The Morgan fingerprint density at radius 2 is 2.00 bits per heavy atom. The molecule has 2 N–H and O–H groups in total. The second-order valence-electron chi connectivity index (χ2n) is 7.05. The van der Waals surface area contributed by atoms with E-state index in [4.69, 9.17) is 4.74 Å². The number of rotatable bonds is 3. The summed E-state index contributed by atoms with van der Waals surface area (Å²) in [7, 11) is 0. The van der Waals surface area contributed by atoms with E-state index in [1.165, 1.54) is 18.2 Å². The van der Waals surface area contributed by atoms with Crippen LogP contribution in [0.4, 0.5) is 17.1 Å². The number of nitrogens with one attached hydrogen (secondary N) is 2. The Labute approximate surface area is 155 Å². The van der Waals surface area contributed by atoms with Crippen molar-refractivity contribution in [1.82, 2.24) is 0 Å². The summed E-state index contributed by atoms with van der Waals surface area (Å²) in [6, 6.07) is 9.18. The minimum Gasteiger partial charge on any atom is -0.490 e. The van der Waals surface area contributed by atoms with Crippen molar-refractivity contribution in [2.75, 3.05) is 17.2 Å². The topological polar surface area (TPSA) is 111 Å². The highest BCUT2D eigenvalue weighted by Crippen LogP contribution is 2.34. The molecular weight excluding hydrogens is 350 g/mol. The molecule has 8 heteroatoms. The second kappa shape index (κ2) is 6.71. The van der Waals surface area contributed by atoms with Crippen molar-refractivity contribution in [3.63, 3.8) is 0 Å². The highest BCUT2D eigenvalue weighted by molar-refractivity contribution is 6.05. The summed E-state index contributed by atoms with van der Waals surface area (Å²) in [5.74, 6) is -0.156. The lowest BCUT2D eigenvalue weighted by molar-refractivity contribution is -0.385. The van der Waals surface area contributed by atoms with Crippen LogP contribution in [-0.4, -0.2) is 23.3 Å². The molecule has 8 nitrogen and oxygen atoms in total. The average molecular weight is 369 g/mol. The van der Waals surface area contributed by atoms with Crippen LogP contribution in [0.5, 0.6) is 5.75 Å². The fraction of sp³-hybridized carbons (Fsp3) is 0.263. The zero-order valence-electron chi connectivity index (χ0n) is 15.2. The van der Waals surface area contributed by atoms with Crippen molar-refractivity contribution in [3.8, 4) is 5.75 Å². The summed E-state index contributed by atoms with van der Waals surface area (Å²) < 4.78 is 5.66. The molecule has 0 spiro atoms. The smallest absolute Gasteiger partial charge is 0.273 e.